The number of hydrogen-bond donors (Lipinski definition) is 1. The first-order valence-electron chi connectivity index (χ1n) is 9.47. The van der Waals surface area contributed by atoms with E-state index in [1.807, 2.05) is 0 Å². The fraction of sp³-hybridized carbons (Fsp3) is 0.273. The summed E-state index contributed by atoms with van der Waals surface area (Å²) in [5.41, 5.74) is 1.71. The molecule has 1 N–H and O–H groups in total. The number of alkyl carbamates (subject to hydrolysis) is 1. The number of nitrogens with zero attached hydrogens (tertiary/aromatic N) is 2. The number of aromatic nitrogens is 2. The van der Waals surface area contributed by atoms with Crippen molar-refractivity contribution in [2.75, 3.05) is 0 Å². The summed E-state index contributed by atoms with van der Waals surface area (Å²) in [6.07, 6.45) is -0.697. The summed E-state index contributed by atoms with van der Waals surface area (Å²) in [5.74, 6) is -0.659. The van der Waals surface area contributed by atoms with E-state index in [2.05, 4.69) is 10.4 Å². The maximum Gasteiger partial charge on any atom is 0.408 e. The van der Waals surface area contributed by atoms with Gasteiger partial charge >= 0.3 is 6.09 Å². The standard InChI is InChI=1S/C22H20ClN3O4/c1-11(24-21(29)30-22(2,3)4)20(28)26-15-10-6-8-13-17(15)18(25-26)12-7-5-9-14(23)16(12)19(13)27/h5-11H,1-4H3,(H,24,29)/t11-/m0/s1. The van der Waals surface area contributed by atoms with Crippen molar-refractivity contribution < 1.29 is 19.1 Å². The number of amides is 1. The molecule has 0 saturated heterocycles. The van der Waals surface area contributed by atoms with Gasteiger partial charge in [0, 0.05) is 16.5 Å². The molecule has 1 amide bonds. The molecule has 2 aromatic carbocycles. The quantitative estimate of drug-likeness (QED) is 0.512. The summed E-state index contributed by atoms with van der Waals surface area (Å²) in [4.78, 5) is 38.2. The summed E-state index contributed by atoms with van der Waals surface area (Å²) in [6, 6.07) is 9.36. The van der Waals surface area contributed by atoms with E-state index in [4.69, 9.17) is 16.3 Å². The van der Waals surface area contributed by atoms with Crippen molar-refractivity contribution in [1.82, 2.24) is 15.1 Å². The Labute approximate surface area is 178 Å². The summed E-state index contributed by atoms with van der Waals surface area (Å²) >= 11 is 6.28. The van der Waals surface area contributed by atoms with Crippen molar-refractivity contribution in [3.63, 3.8) is 0 Å². The lowest BCUT2D eigenvalue weighted by atomic mass is 9.87. The highest BCUT2D eigenvalue weighted by Crippen LogP contribution is 2.41. The monoisotopic (exact) mass is 425 g/mol. The molecule has 1 atom stereocenters. The molecule has 1 aromatic heterocycles. The molecule has 7 nitrogen and oxygen atoms in total. The second-order valence-corrected chi connectivity index (χ2v) is 8.56. The third-order valence-corrected chi connectivity index (χ3v) is 5.08. The lowest BCUT2D eigenvalue weighted by Gasteiger charge is -2.21. The van der Waals surface area contributed by atoms with E-state index >= 15 is 0 Å². The van der Waals surface area contributed by atoms with Gasteiger partial charge in [-0.3, -0.25) is 9.59 Å². The average molecular weight is 426 g/mol. The Hall–Kier alpha value is -3.19. The zero-order chi connectivity index (χ0) is 21.8. The minimum atomic E-state index is -0.894. The van der Waals surface area contributed by atoms with Gasteiger partial charge in [-0.05, 0) is 39.8 Å². The van der Waals surface area contributed by atoms with E-state index in [9.17, 15) is 14.4 Å². The van der Waals surface area contributed by atoms with Gasteiger partial charge in [0.1, 0.15) is 17.3 Å². The highest BCUT2D eigenvalue weighted by atomic mass is 35.5. The molecule has 0 bridgehead atoms. The number of nitrogens with one attached hydrogen (secondary N) is 1. The lowest BCUT2D eigenvalue weighted by molar-refractivity contribution is 0.0487. The van der Waals surface area contributed by atoms with Crippen molar-refractivity contribution in [3.05, 3.63) is 52.5 Å². The smallest absolute Gasteiger partial charge is 0.408 e. The van der Waals surface area contributed by atoms with E-state index < -0.39 is 23.6 Å². The summed E-state index contributed by atoms with van der Waals surface area (Å²) < 4.78 is 6.44. The van der Waals surface area contributed by atoms with Gasteiger partial charge in [0.15, 0.2) is 5.78 Å². The molecule has 30 heavy (non-hydrogen) atoms. The maximum atomic E-state index is 13.1. The number of rotatable bonds is 2. The molecule has 3 aromatic rings. The number of halogens is 1. The second-order valence-electron chi connectivity index (χ2n) is 8.16. The molecule has 0 aliphatic heterocycles. The van der Waals surface area contributed by atoms with E-state index in [-0.39, 0.29) is 5.78 Å². The largest absolute Gasteiger partial charge is 0.444 e. The zero-order valence-electron chi connectivity index (χ0n) is 16.9. The van der Waals surface area contributed by atoms with Crippen LogP contribution in [0.5, 0.6) is 0 Å². The van der Waals surface area contributed by atoms with Crippen molar-refractivity contribution in [3.8, 4) is 11.3 Å². The number of carbonyl (C=O) groups is 3. The second kappa shape index (κ2) is 6.95. The first kappa shape index (κ1) is 20.1. The van der Waals surface area contributed by atoms with Crippen molar-refractivity contribution in [2.45, 2.75) is 39.3 Å². The third kappa shape index (κ3) is 3.25. The van der Waals surface area contributed by atoms with Gasteiger partial charge in [-0.2, -0.15) is 9.78 Å². The molecular weight excluding hydrogens is 406 g/mol. The highest BCUT2D eigenvalue weighted by Gasteiger charge is 2.32. The Balaban J connectivity index is 1.78. The van der Waals surface area contributed by atoms with E-state index in [0.29, 0.717) is 38.3 Å². The van der Waals surface area contributed by atoms with Crippen LogP contribution in [0.1, 0.15) is 48.4 Å². The number of ketones is 1. The average Bonchev–Trinajstić information content (AvgIpc) is 3.04. The Bertz CT molecular complexity index is 1220. The number of carbonyl (C=O) groups excluding carboxylic acids is 3. The van der Waals surface area contributed by atoms with Gasteiger partial charge < -0.3 is 10.1 Å². The van der Waals surface area contributed by atoms with Crippen LogP contribution in [0.2, 0.25) is 5.02 Å². The predicted molar refractivity (Wildman–Crippen MR) is 113 cm³/mol. The van der Waals surface area contributed by atoms with Gasteiger partial charge in [-0.25, -0.2) is 4.79 Å². The van der Waals surface area contributed by atoms with Crippen LogP contribution in [-0.2, 0) is 4.74 Å². The molecule has 1 heterocycles. The number of hydrogen-bond acceptors (Lipinski definition) is 5. The van der Waals surface area contributed by atoms with Crippen LogP contribution < -0.4 is 5.32 Å². The Kier molecular flexibility index (Phi) is 4.66. The van der Waals surface area contributed by atoms with Crippen LogP contribution in [0.3, 0.4) is 0 Å². The van der Waals surface area contributed by atoms with E-state index in [1.165, 1.54) is 4.68 Å². The lowest BCUT2D eigenvalue weighted by Crippen LogP contribution is -2.43. The van der Waals surface area contributed by atoms with Crippen molar-refractivity contribution in [1.29, 1.82) is 0 Å². The molecule has 4 rings (SSSR count). The molecule has 0 radical (unpaired) electrons. The van der Waals surface area contributed by atoms with E-state index in [1.54, 1.807) is 64.1 Å². The third-order valence-electron chi connectivity index (χ3n) is 4.76. The Morgan fingerprint density at radius 3 is 2.50 bits per heavy atom. The minimum Gasteiger partial charge on any atom is -0.444 e. The first-order valence-corrected chi connectivity index (χ1v) is 9.85. The number of benzene rings is 2. The summed E-state index contributed by atoms with van der Waals surface area (Å²) in [5, 5.41) is 7.97. The van der Waals surface area contributed by atoms with Crippen LogP contribution >= 0.6 is 11.6 Å². The maximum absolute atomic E-state index is 13.1. The minimum absolute atomic E-state index is 0.208. The van der Waals surface area contributed by atoms with Crippen LogP contribution in [0.25, 0.3) is 22.2 Å². The van der Waals surface area contributed by atoms with E-state index in [0.717, 1.165) is 0 Å². The van der Waals surface area contributed by atoms with Crippen LogP contribution in [0.4, 0.5) is 4.79 Å². The first-order chi connectivity index (χ1) is 14.1. The van der Waals surface area contributed by atoms with Crippen LogP contribution in [0.15, 0.2) is 36.4 Å². The van der Waals surface area contributed by atoms with Crippen LogP contribution in [0, 0.1) is 0 Å². The van der Waals surface area contributed by atoms with Gasteiger partial charge in [-0.1, -0.05) is 35.9 Å². The number of fused-ring (bicyclic) bond motifs is 2. The van der Waals surface area contributed by atoms with Crippen molar-refractivity contribution in [2.24, 2.45) is 0 Å². The van der Waals surface area contributed by atoms with Gasteiger partial charge in [0.05, 0.1) is 16.1 Å². The zero-order valence-corrected chi connectivity index (χ0v) is 17.7. The Morgan fingerprint density at radius 2 is 1.80 bits per heavy atom. The summed E-state index contributed by atoms with van der Waals surface area (Å²) in [7, 11) is 0. The summed E-state index contributed by atoms with van der Waals surface area (Å²) in [6.45, 7) is 6.77. The molecule has 0 saturated carbocycles. The molecule has 1 aliphatic carbocycles. The normalized spacial score (nSPS) is 13.7. The van der Waals surface area contributed by atoms with Gasteiger partial charge in [0.25, 0.3) is 5.91 Å². The molecule has 0 unspecified atom stereocenters. The molecule has 154 valence electrons. The van der Waals surface area contributed by atoms with Gasteiger partial charge in [0.2, 0.25) is 0 Å². The highest BCUT2D eigenvalue weighted by molar-refractivity contribution is 6.38. The molecule has 1 aliphatic rings. The Morgan fingerprint density at radius 1 is 1.13 bits per heavy atom. The SMILES string of the molecule is C[C@H](NC(=O)OC(C)(C)C)C(=O)n1nc2c3c(cccc31)C(=O)c1c(Cl)cccc1-2. The number of ether oxygens (including phenoxy) is 1. The van der Waals surface area contributed by atoms with Crippen molar-refractivity contribution >= 4 is 40.3 Å². The molecule has 0 fully saturated rings. The van der Waals surface area contributed by atoms with Crippen LogP contribution in [-0.4, -0.2) is 39.2 Å². The fourth-order valence-corrected chi connectivity index (χ4v) is 3.79. The molecular formula is C22H20ClN3O4. The molecule has 8 heteroatoms. The van der Waals surface area contributed by atoms with Gasteiger partial charge in [-0.15, -0.1) is 0 Å². The fourth-order valence-electron chi connectivity index (χ4n) is 3.53. The predicted octanol–water partition coefficient (Wildman–Crippen LogP) is 4.45. The molecule has 0 spiro atoms. The topological polar surface area (TPSA) is 90.3 Å².